The Bertz CT molecular complexity index is 423. The molecule has 0 radical (unpaired) electrons. The molecule has 1 spiro atoms. The van der Waals surface area contributed by atoms with Crippen molar-refractivity contribution >= 4 is 0 Å². The number of hydrogen-bond acceptors (Lipinski definition) is 3. The standard InChI is InChI=1S/C17H27N3/c1-14(2)16-12-20(11-15-5-9-18-10-6-15)17(13-19-16)7-3-4-8-17/h5-6,9-10,14,16,19H,3-4,7-8,11-13H2,1-2H3. The smallest absolute Gasteiger partial charge is 0.0338 e. The van der Waals surface area contributed by atoms with Crippen LogP contribution in [0.15, 0.2) is 24.5 Å². The Hall–Kier alpha value is -0.930. The van der Waals surface area contributed by atoms with Crippen molar-refractivity contribution in [3.8, 4) is 0 Å². The molecular weight excluding hydrogens is 246 g/mol. The summed E-state index contributed by atoms with van der Waals surface area (Å²) in [4.78, 5) is 6.90. The van der Waals surface area contributed by atoms with Crippen LogP contribution in [0, 0.1) is 5.92 Å². The van der Waals surface area contributed by atoms with E-state index in [0.29, 0.717) is 17.5 Å². The number of aromatic nitrogens is 1. The van der Waals surface area contributed by atoms with Crippen molar-refractivity contribution in [2.75, 3.05) is 13.1 Å². The van der Waals surface area contributed by atoms with Crippen LogP contribution in [0.25, 0.3) is 0 Å². The van der Waals surface area contributed by atoms with Gasteiger partial charge in [-0.3, -0.25) is 9.88 Å². The fraction of sp³-hybridized carbons (Fsp3) is 0.706. The Balaban J connectivity index is 1.78. The average Bonchev–Trinajstić information content (AvgIpc) is 2.92. The van der Waals surface area contributed by atoms with Crippen LogP contribution in [0.5, 0.6) is 0 Å². The lowest BCUT2D eigenvalue weighted by atomic mass is 9.88. The maximum absolute atomic E-state index is 4.14. The van der Waals surface area contributed by atoms with Crippen molar-refractivity contribution in [1.82, 2.24) is 15.2 Å². The monoisotopic (exact) mass is 273 g/mol. The number of piperazine rings is 1. The summed E-state index contributed by atoms with van der Waals surface area (Å²) in [5.74, 6) is 0.702. The lowest BCUT2D eigenvalue weighted by Crippen LogP contribution is -2.64. The largest absolute Gasteiger partial charge is 0.311 e. The maximum Gasteiger partial charge on any atom is 0.0338 e. The molecule has 1 saturated carbocycles. The second-order valence-corrected chi connectivity index (χ2v) is 6.90. The zero-order valence-corrected chi connectivity index (χ0v) is 12.8. The summed E-state index contributed by atoms with van der Waals surface area (Å²) in [6, 6.07) is 4.95. The highest BCUT2D eigenvalue weighted by atomic mass is 15.3. The minimum Gasteiger partial charge on any atom is -0.311 e. The normalized spacial score (nSPS) is 26.4. The first-order valence-corrected chi connectivity index (χ1v) is 8.07. The molecule has 1 aromatic rings. The molecule has 2 heterocycles. The summed E-state index contributed by atoms with van der Waals surface area (Å²) < 4.78 is 0. The van der Waals surface area contributed by atoms with Crippen molar-refractivity contribution in [2.45, 2.75) is 57.7 Å². The van der Waals surface area contributed by atoms with Gasteiger partial charge in [-0.1, -0.05) is 26.7 Å². The summed E-state index contributed by atoms with van der Waals surface area (Å²) in [5, 5.41) is 3.81. The van der Waals surface area contributed by atoms with E-state index in [1.165, 1.54) is 44.3 Å². The van der Waals surface area contributed by atoms with Crippen LogP contribution in [0.3, 0.4) is 0 Å². The first-order chi connectivity index (χ1) is 9.70. The highest BCUT2D eigenvalue weighted by molar-refractivity contribution is 5.12. The van der Waals surface area contributed by atoms with Crippen LogP contribution in [-0.4, -0.2) is 34.6 Å². The molecule has 1 atom stereocenters. The second kappa shape index (κ2) is 5.82. The molecule has 2 fully saturated rings. The van der Waals surface area contributed by atoms with E-state index in [1.807, 2.05) is 12.4 Å². The van der Waals surface area contributed by atoms with Crippen molar-refractivity contribution in [3.05, 3.63) is 30.1 Å². The van der Waals surface area contributed by atoms with E-state index in [-0.39, 0.29) is 0 Å². The molecule has 1 saturated heterocycles. The van der Waals surface area contributed by atoms with E-state index < -0.39 is 0 Å². The van der Waals surface area contributed by atoms with Crippen LogP contribution in [0.2, 0.25) is 0 Å². The highest BCUT2D eigenvalue weighted by Gasteiger charge is 2.43. The lowest BCUT2D eigenvalue weighted by Gasteiger charge is -2.49. The molecule has 2 aliphatic rings. The van der Waals surface area contributed by atoms with Gasteiger partial charge in [0, 0.05) is 43.6 Å². The molecule has 1 aliphatic carbocycles. The van der Waals surface area contributed by atoms with Crippen molar-refractivity contribution in [3.63, 3.8) is 0 Å². The van der Waals surface area contributed by atoms with Gasteiger partial charge in [-0.25, -0.2) is 0 Å². The summed E-state index contributed by atoms with van der Waals surface area (Å²) in [6.07, 6.45) is 9.32. The van der Waals surface area contributed by atoms with Crippen LogP contribution in [0.1, 0.15) is 45.1 Å². The van der Waals surface area contributed by atoms with Gasteiger partial charge in [0.2, 0.25) is 0 Å². The van der Waals surface area contributed by atoms with E-state index in [4.69, 9.17) is 0 Å². The zero-order valence-electron chi connectivity index (χ0n) is 12.8. The van der Waals surface area contributed by atoms with Gasteiger partial charge in [-0.15, -0.1) is 0 Å². The maximum atomic E-state index is 4.14. The predicted molar refractivity (Wildman–Crippen MR) is 82.5 cm³/mol. The molecule has 3 nitrogen and oxygen atoms in total. The third kappa shape index (κ3) is 2.75. The molecule has 1 aromatic heterocycles. The summed E-state index contributed by atoms with van der Waals surface area (Å²) in [7, 11) is 0. The summed E-state index contributed by atoms with van der Waals surface area (Å²) >= 11 is 0. The van der Waals surface area contributed by atoms with Crippen LogP contribution in [0.4, 0.5) is 0 Å². The third-order valence-electron chi connectivity index (χ3n) is 5.24. The zero-order chi connectivity index (χ0) is 14.0. The fourth-order valence-electron chi connectivity index (χ4n) is 3.84. The van der Waals surface area contributed by atoms with Crippen molar-refractivity contribution in [1.29, 1.82) is 0 Å². The Morgan fingerprint density at radius 2 is 2.00 bits per heavy atom. The molecular formula is C17H27N3. The van der Waals surface area contributed by atoms with E-state index in [2.05, 4.69) is 41.2 Å². The minimum absolute atomic E-state index is 0.411. The number of rotatable bonds is 3. The highest BCUT2D eigenvalue weighted by Crippen LogP contribution is 2.38. The van der Waals surface area contributed by atoms with E-state index in [9.17, 15) is 0 Å². The number of nitrogens with one attached hydrogen (secondary N) is 1. The van der Waals surface area contributed by atoms with Gasteiger partial charge in [0.25, 0.3) is 0 Å². The van der Waals surface area contributed by atoms with Gasteiger partial charge in [-0.2, -0.15) is 0 Å². The van der Waals surface area contributed by atoms with Crippen LogP contribution in [-0.2, 0) is 6.54 Å². The van der Waals surface area contributed by atoms with Gasteiger partial charge in [0.15, 0.2) is 0 Å². The average molecular weight is 273 g/mol. The molecule has 0 amide bonds. The lowest BCUT2D eigenvalue weighted by molar-refractivity contribution is 0.0260. The fourth-order valence-corrected chi connectivity index (χ4v) is 3.84. The first kappa shape index (κ1) is 14.0. The quantitative estimate of drug-likeness (QED) is 0.918. The molecule has 1 aliphatic heterocycles. The predicted octanol–water partition coefficient (Wildman–Crippen LogP) is 2.82. The number of pyridine rings is 1. The van der Waals surface area contributed by atoms with Gasteiger partial charge in [-0.05, 0) is 36.5 Å². The summed E-state index contributed by atoms with van der Waals surface area (Å²) in [5.41, 5.74) is 1.81. The summed E-state index contributed by atoms with van der Waals surface area (Å²) in [6.45, 7) is 8.08. The number of hydrogen-bond donors (Lipinski definition) is 1. The Labute approximate surface area is 122 Å². The Kier molecular flexibility index (Phi) is 4.08. The molecule has 110 valence electrons. The Morgan fingerprint density at radius 1 is 1.30 bits per heavy atom. The topological polar surface area (TPSA) is 28.2 Å². The molecule has 20 heavy (non-hydrogen) atoms. The molecule has 3 heteroatoms. The minimum atomic E-state index is 0.411. The van der Waals surface area contributed by atoms with Crippen molar-refractivity contribution in [2.24, 2.45) is 5.92 Å². The van der Waals surface area contributed by atoms with Gasteiger partial charge in [0.05, 0.1) is 0 Å². The van der Waals surface area contributed by atoms with Crippen LogP contribution < -0.4 is 5.32 Å². The Morgan fingerprint density at radius 3 is 2.65 bits per heavy atom. The number of nitrogens with zero attached hydrogens (tertiary/aromatic N) is 2. The van der Waals surface area contributed by atoms with Gasteiger partial charge >= 0.3 is 0 Å². The third-order valence-corrected chi connectivity index (χ3v) is 5.24. The SMILES string of the molecule is CC(C)C1CN(Cc2ccncc2)C2(CCCC2)CN1. The van der Waals surface area contributed by atoms with Crippen molar-refractivity contribution < 1.29 is 0 Å². The first-order valence-electron chi connectivity index (χ1n) is 8.07. The van der Waals surface area contributed by atoms with E-state index in [0.717, 1.165) is 6.54 Å². The van der Waals surface area contributed by atoms with Gasteiger partial charge in [0.1, 0.15) is 0 Å². The molecule has 1 N–H and O–H groups in total. The molecule has 0 bridgehead atoms. The second-order valence-electron chi connectivity index (χ2n) is 6.90. The van der Waals surface area contributed by atoms with Gasteiger partial charge < -0.3 is 5.32 Å². The van der Waals surface area contributed by atoms with E-state index >= 15 is 0 Å². The van der Waals surface area contributed by atoms with E-state index in [1.54, 1.807) is 0 Å². The molecule has 1 unspecified atom stereocenters. The molecule has 3 rings (SSSR count). The molecule has 0 aromatic carbocycles. The van der Waals surface area contributed by atoms with Crippen LogP contribution >= 0.6 is 0 Å².